The van der Waals surface area contributed by atoms with Crippen molar-refractivity contribution >= 4 is 40.7 Å². The zero-order valence-electron chi connectivity index (χ0n) is 12.1. The molecule has 0 fully saturated rings. The van der Waals surface area contributed by atoms with Crippen LogP contribution < -0.4 is 9.61 Å². The number of aromatic nitrogens is 1. The van der Waals surface area contributed by atoms with E-state index in [9.17, 15) is 0 Å². The van der Waals surface area contributed by atoms with Gasteiger partial charge >= 0.3 is 0 Å². The summed E-state index contributed by atoms with van der Waals surface area (Å²) in [6, 6.07) is 19.6. The summed E-state index contributed by atoms with van der Waals surface area (Å²) in [5.41, 5.74) is 2.58. The van der Waals surface area contributed by atoms with E-state index in [-0.39, 0.29) is 0 Å². The monoisotopic (exact) mass is 289 g/mol. The lowest BCUT2D eigenvalue weighted by Gasteiger charge is -2.31. The average molecular weight is 289 g/mol. The third kappa shape index (κ3) is 1.27. The molecule has 4 aromatic rings. The summed E-state index contributed by atoms with van der Waals surface area (Å²) in [5.74, 6) is 0.996. The van der Waals surface area contributed by atoms with Gasteiger partial charge in [0.15, 0.2) is 5.88 Å². The molecule has 0 spiro atoms. The lowest BCUT2D eigenvalue weighted by molar-refractivity contribution is 0.533. The quantitative estimate of drug-likeness (QED) is 0.352. The van der Waals surface area contributed by atoms with E-state index < -0.39 is 8.32 Å². The molecule has 0 aliphatic carbocycles. The Balaban J connectivity index is 2.22. The number of benzene rings is 2. The van der Waals surface area contributed by atoms with Crippen molar-refractivity contribution in [3.05, 3.63) is 54.6 Å². The van der Waals surface area contributed by atoms with Gasteiger partial charge in [0.05, 0.1) is 11.0 Å². The second kappa shape index (κ2) is 3.49. The van der Waals surface area contributed by atoms with Crippen LogP contribution in [-0.2, 0) is 0 Å². The third-order valence-electron chi connectivity index (χ3n) is 4.61. The summed E-state index contributed by atoms with van der Waals surface area (Å²) < 4.78 is 8.67. The van der Waals surface area contributed by atoms with Gasteiger partial charge in [0.25, 0.3) is 8.32 Å². The van der Waals surface area contributed by atoms with Gasteiger partial charge in [0.1, 0.15) is 0 Å². The van der Waals surface area contributed by atoms with Crippen LogP contribution in [0.2, 0.25) is 13.1 Å². The van der Waals surface area contributed by atoms with E-state index in [4.69, 9.17) is 4.43 Å². The van der Waals surface area contributed by atoms with Gasteiger partial charge in [-0.25, -0.2) is 0 Å². The molecule has 1 aliphatic heterocycles. The Bertz CT molecular complexity index is 1050. The Kier molecular flexibility index (Phi) is 1.89. The molecular formula is C18H15NOSi. The summed E-state index contributed by atoms with van der Waals surface area (Å²) in [6.45, 7) is 4.55. The molecule has 0 unspecified atom stereocenters. The lowest BCUT2D eigenvalue weighted by Crippen LogP contribution is -2.50. The Morgan fingerprint density at radius 1 is 0.810 bits per heavy atom. The molecule has 1 aliphatic rings. The second-order valence-corrected chi connectivity index (χ2v) is 10.0. The first-order chi connectivity index (χ1) is 10.2. The first kappa shape index (κ1) is 11.4. The fourth-order valence-corrected chi connectivity index (χ4v) is 5.79. The SMILES string of the molecule is C[Si]1(C)Oc2ccc3c4ccccc4c4cccc1c4n23. The van der Waals surface area contributed by atoms with Gasteiger partial charge in [-0.15, -0.1) is 0 Å². The van der Waals surface area contributed by atoms with Crippen molar-refractivity contribution in [3.63, 3.8) is 0 Å². The normalized spacial score (nSPS) is 15.9. The molecule has 0 radical (unpaired) electrons. The van der Waals surface area contributed by atoms with E-state index in [2.05, 4.69) is 72.1 Å². The molecule has 0 bridgehead atoms. The molecule has 3 heterocycles. The number of pyridine rings is 1. The van der Waals surface area contributed by atoms with Gasteiger partial charge < -0.3 is 4.43 Å². The molecular weight excluding hydrogens is 274 g/mol. The molecule has 0 amide bonds. The molecule has 2 nitrogen and oxygen atoms in total. The van der Waals surface area contributed by atoms with Crippen LogP contribution in [0.25, 0.3) is 27.2 Å². The predicted molar refractivity (Wildman–Crippen MR) is 90.2 cm³/mol. The van der Waals surface area contributed by atoms with E-state index in [1.54, 1.807) is 0 Å². The van der Waals surface area contributed by atoms with Crippen LogP contribution in [0.3, 0.4) is 0 Å². The van der Waals surface area contributed by atoms with Crippen molar-refractivity contribution < 1.29 is 4.43 Å². The maximum Gasteiger partial charge on any atom is 0.280 e. The van der Waals surface area contributed by atoms with Gasteiger partial charge in [-0.1, -0.05) is 42.5 Å². The molecule has 2 aromatic carbocycles. The highest BCUT2D eigenvalue weighted by Crippen LogP contribution is 2.36. The van der Waals surface area contributed by atoms with Crippen molar-refractivity contribution in [2.24, 2.45) is 0 Å². The average Bonchev–Trinajstić information content (AvgIpc) is 2.90. The van der Waals surface area contributed by atoms with Crippen LogP contribution in [0.5, 0.6) is 5.88 Å². The molecule has 21 heavy (non-hydrogen) atoms. The zero-order valence-corrected chi connectivity index (χ0v) is 13.1. The van der Waals surface area contributed by atoms with Crippen molar-refractivity contribution in [1.29, 1.82) is 0 Å². The number of hydrogen-bond acceptors (Lipinski definition) is 1. The predicted octanol–water partition coefficient (Wildman–Crippen LogP) is 4.05. The highest BCUT2D eigenvalue weighted by molar-refractivity contribution is 6.87. The van der Waals surface area contributed by atoms with Gasteiger partial charge in [-0.2, -0.15) is 0 Å². The number of para-hydroxylation sites is 1. The van der Waals surface area contributed by atoms with Crippen LogP contribution in [-0.4, -0.2) is 12.7 Å². The van der Waals surface area contributed by atoms with Gasteiger partial charge in [-0.3, -0.25) is 4.40 Å². The van der Waals surface area contributed by atoms with Gasteiger partial charge in [0.2, 0.25) is 0 Å². The first-order valence-electron chi connectivity index (χ1n) is 7.31. The Hall–Kier alpha value is -2.26. The minimum absolute atomic E-state index is 0.996. The van der Waals surface area contributed by atoms with Crippen LogP contribution in [0, 0.1) is 0 Å². The van der Waals surface area contributed by atoms with Gasteiger partial charge in [-0.05, 0) is 30.6 Å². The molecule has 0 saturated carbocycles. The van der Waals surface area contributed by atoms with Crippen LogP contribution >= 0.6 is 0 Å². The smallest absolute Gasteiger partial charge is 0.280 e. The summed E-state index contributed by atoms with van der Waals surface area (Å²) in [4.78, 5) is 0. The number of nitrogens with zero attached hydrogens (tertiary/aromatic N) is 1. The fourth-order valence-electron chi connectivity index (χ4n) is 3.68. The van der Waals surface area contributed by atoms with Crippen LogP contribution in [0.15, 0.2) is 54.6 Å². The molecule has 0 atom stereocenters. The zero-order chi connectivity index (χ0) is 14.2. The van der Waals surface area contributed by atoms with E-state index in [0.29, 0.717) is 0 Å². The Labute approximate surface area is 123 Å². The summed E-state index contributed by atoms with van der Waals surface area (Å²) >= 11 is 0. The Morgan fingerprint density at radius 2 is 1.57 bits per heavy atom. The molecule has 0 saturated heterocycles. The van der Waals surface area contributed by atoms with Gasteiger partial charge in [0, 0.05) is 16.0 Å². The van der Waals surface area contributed by atoms with Crippen molar-refractivity contribution in [3.8, 4) is 5.88 Å². The Morgan fingerprint density at radius 3 is 2.43 bits per heavy atom. The molecule has 3 heteroatoms. The highest BCUT2D eigenvalue weighted by atomic mass is 28.4. The summed E-state index contributed by atoms with van der Waals surface area (Å²) in [6.07, 6.45) is 0. The first-order valence-corrected chi connectivity index (χ1v) is 10.2. The minimum Gasteiger partial charge on any atom is -0.528 e. The number of hydrogen-bond donors (Lipinski definition) is 0. The topological polar surface area (TPSA) is 13.6 Å². The number of rotatable bonds is 0. The van der Waals surface area contributed by atoms with Crippen molar-refractivity contribution in [1.82, 2.24) is 4.40 Å². The third-order valence-corrected chi connectivity index (χ3v) is 7.03. The highest BCUT2D eigenvalue weighted by Gasteiger charge is 2.35. The van der Waals surface area contributed by atoms with Crippen LogP contribution in [0.4, 0.5) is 0 Å². The minimum atomic E-state index is -1.89. The maximum absolute atomic E-state index is 6.37. The lowest BCUT2D eigenvalue weighted by atomic mass is 10.1. The molecule has 0 N–H and O–H groups in total. The van der Waals surface area contributed by atoms with E-state index in [1.165, 1.54) is 32.4 Å². The van der Waals surface area contributed by atoms with Crippen LogP contribution in [0.1, 0.15) is 0 Å². The maximum atomic E-state index is 6.37. The standard InChI is InChI=1S/C18H15NOSi/c1-21(2)16-9-5-8-14-12-6-3-4-7-13(12)15-10-11-17(20-21)19(15)18(14)16/h3-11H,1-2H3. The second-order valence-electron chi connectivity index (χ2n) is 6.25. The summed E-state index contributed by atoms with van der Waals surface area (Å²) in [7, 11) is -1.89. The molecule has 5 rings (SSSR count). The van der Waals surface area contributed by atoms with E-state index in [0.717, 1.165) is 5.88 Å². The molecule has 2 aromatic heterocycles. The fraction of sp³-hybridized carbons (Fsp3) is 0.111. The van der Waals surface area contributed by atoms with Crippen molar-refractivity contribution in [2.45, 2.75) is 13.1 Å². The van der Waals surface area contributed by atoms with E-state index in [1.807, 2.05) is 0 Å². The van der Waals surface area contributed by atoms with E-state index >= 15 is 0 Å². The largest absolute Gasteiger partial charge is 0.528 e. The molecule has 102 valence electrons. The summed E-state index contributed by atoms with van der Waals surface area (Å²) in [5, 5.41) is 5.34. The number of fused-ring (bicyclic) bond motifs is 3. The van der Waals surface area contributed by atoms with Crippen molar-refractivity contribution in [2.75, 3.05) is 0 Å².